The van der Waals surface area contributed by atoms with Crippen LogP contribution in [0.3, 0.4) is 0 Å². The molecule has 1 aromatic carbocycles. The average molecular weight is 300 g/mol. The first-order valence-electron chi connectivity index (χ1n) is 5.79. The van der Waals surface area contributed by atoms with Crippen molar-refractivity contribution < 1.29 is 39.5 Å². The molecule has 1 rings (SSSR count). The smallest absolute Gasteiger partial charge is 0.341 e. The third kappa shape index (κ3) is 7.04. The van der Waals surface area contributed by atoms with Crippen molar-refractivity contribution in [1.29, 1.82) is 0 Å². The first-order chi connectivity index (χ1) is 9.66. The van der Waals surface area contributed by atoms with Gasteiger partial charge < -0.3 is 25.2 Å². The molecule has 0 heterocycles. The summed E-state index contributed by atoms with van der Waals surface area (Å²) in [7, 11) is 0. The minimum atomic E-state index is -1.26. The molecule has 0 aliphatic rings. The van der Waals surface area contributed by atoms with E-state index in [4.69, 9.17) is 20.4 Å². The van der Waals surface area contributed by atoms with Gasteiger partial charge in [0.15, 0.2) is 6.29 Å². The van der Waals surface area contributed by atoms with Crippen LogP contribution in [0, 0.1) is 0 Å². The molecule has 0 amide bonds. The van der Waals surface area contributed by atoms with Gasteiger partial charge in [-0.1, -0.05) is 12.1 Å². The molecule has 0 radical (unpaired) electrons. The van der Waals surface area contributed by atoms with Gasteiger partial charge in [-0.15, -0.1) is 0 Å². The summed E-state index contributed by atoms with van der Waals surface area (Å²) in [5.74, 6) is -3.26. The zero-order valence-electron chi connectivity index (χ0n) is 11.4. The summed E-state index contributed by atoms with van der Waals surface area (Å²) in [5, 5.41) is 33.4. The van der Waals surface area contributed by atoms with Gasteiger partial charge in [0, 0.05) is 0 Å². The number of benzene rings is 1. The maximum Gasteiger partial charge on any atom is 0.341 e. The van der Waals surface area contributed by atoms with Gasteiger partial charge in [0.2, 0.25) is 0 Å². The number of hydrogen-bond acceptors (Lipinski definition) is 6. The van der Waals surface area contributed by atoms with E-state index in [1.165, 1.54) is 38.1 Å². The Kier molecular flexibility index (Phi) is 7.66. The molecule has 0 aromatic heterocycles. The van der Waals surface area contributed by atoms with Crippen LogP contribution in [-0.2, 0) is 9.53 Å². The largest absolute Gasteiger partial charge is 0.479 e. The van der Waals surface area contributed by atoms with E-state index in [2.05, 4.69) is 4.74 Å². The lowest BCUT2D eigenvalue weighted by atomic mass is 10.1. The summed E-state index contributed by atoms with van der Waals surface area (Å²) in [6.45, 7) is 2.46. The van der Waals surface area contributed by atoms with E-state index in [1.807, 2.05) is 0 Å². The van der Waals surface area contributed by atoms with Crippen molar-refractivity contribution in [3.63, 3.8) is 0 Å². The van der Waals surface area contributed by atoms with Gasteiger partial charge in [-0.05, 0) is 26.0 Å². The predicted octanol–water partition coefficient (Wildman–Crippen LogP) is 0.332. The Hall–Kier alpha value is -2.45. The standard InChI is InChI=1S/C10H10O5.C3H6O3/c1-6(11)15-10(14)8-5-3-2-4-7(8)9(12)13;1-2(4)3(5)6/h2-6,11H,1H3,(H,12,13);2,4H,1H3,(H,5,6). The summed E-state index contributed by atoms with van der Waals surface area (Å²) >= 11 is 0. The van der Waals surface area contributed by atoms with E-state index in [0.717, 1.165) is 0 Å². The van der Waals surface area contributed by atoms with E-state index in [1.54, 1.807) is 0 Å². The molecule has 116 valence electrons. The molecular formula is C13H16O8. The first-order valence-corrected chi connectivity index (χ1v) is 5.79. The molecule has 0 saturated heterocycles. The fraction of sp³-hybridized carbons (Fsp3) is 0.308. The van der Waals surface area contributed by atoms with Gasteiger partial charge in [0.1, 0.15) is 6.10 Å². The van der Waals surface area contributed by atoms with Crippen LogP contribution < -0.4 is 0 Å². The summed E-state index contributed by atoms with van der Waals surface area (Å²) < 4.78 is 4.48. The van der Waals surface area contributed by atoms with Crippen LogP contribution in [-0.4, -0.2) is 50.7 Å². The number of aromatic carboxylic acids is 1. The summed E-state index contributed by atoms with van der Waals surface area (Å²) in [4.78, 5) is 31.5. The van der Waals surface area contributed by atoms with Crippen molar-refractivity contribution in [1.82, 2.24) is 0 Å². The molecule has 8 heteroatoms. The summed E-state index contributed by atoms with van der Waals surface area (Å²) in [6, 6.07) is 5.64. The van der Waals surface area contributed by atoms with Crippen molar-refractivity contribution in [3.05, 3.63) is 35.4 Å². The monoisotopic (exact) mass is 300 g/mol. The number of carboxylic acids is 2. The van der Waals surface area contributed by atoms with Crippen molar-refractivity contribution in [2.75, 3.05) is 0 Å². The molecular weight excluding hydrogens is 284 g/mol. The third-order valence-corrected chi connectivity index (χ3v) is 2.01. The predicted molar refractivity (Wildman–Crippen MR) is 69.8 cm³/mol. The Labute approximate surface area is 120 Å². The molecule has 8 nitrogen and oxygen atoms in total. The number of carbonyl (C=O) groups excluding carboxylic acids is 1. The number of aliphatic hydroxyl groups excluding tert-OH is 2. The number of hydrogen-bond donors (Lipinski definition) is 4. The van der Waals surface area contributed by atoms with Crippen molar-refractivity contribution in [3.8, 4) is 0 Å². The highest BCUT2D eigenvalue weighted by atomic mass is 16.6. The van der Waals surface area contributed by atoms with Gasteiger partial charge in [-0.2, -0.15) is 0 Å². The van der Waals surface area contributed by atoms with Gasteiger partial charge in [-0.3, -0.25) is 0 Å². The Morgan fingerprint density at radius 1 is 1.00 bits per heavy atom. The Balaban J connectivity index is 0.000000567. The quantitative estimate of drug-likeness (QED) is 0.460. The van der Waals surface area contributed by atoms with Gasteiger partial charge in [0.05, 0.1) is 11.1 Å². The van der Waals surface area contributed by atoms with E-state index < -0.39 is 30.3 Å². The highest BCUT2D eigenvalue weighted by Gasteiger charge is 2.17. The second kappa shape index (κ2) is 8.67. The second-order valence-corrected chi connectivity index (χ2v) is 3.87. The number of esters is 1. The average Bonchev–Trinajstić information content (AvgIpc) is 2.38. The molecule has 0 aliphatic carbocycles. The lowest BCUT2D eigenvalue weighted by molar-refractivity contribution is -0.145. The van der Waals surface area contributed by atoms with Crippen LogP contribution in [0.2, 0.25) is 0 Å². The Bertz CT molecular complexity index is 507. The highest BCUT2D eigenvalue weighted by Crippen LogP contribution is 2.10. The maximum absolute atomic E-state index is 11.3. The number of carbonyl (C=O) groups is 3. The molecule has 0 aliphatic heterocycles. The number of aliphatic hydroxyl groups is 2. The molecule has 4 N–H and O–H groups in total. The molecule has 2 atom stereocenters. The second-order valence-electron chi connectivity index (χ2n) is 3.87. The van der Waals surface area contributed by atoms with Crippen LogP contribution in [0.1, 0.15) is 34.6 Å². The van der Waals surface area contributed by atoms with Crippen LogP contribution in [0.4, 0.5) is 0 Å². The molecule has 2 unspecified atom stereocenters. The number of carboxylic acid groups (broad SMARTS) is 2. The van der Waals surface area contributed by atoms with Gasteiger partial charge in [0.25, 0.3) is 0 Å². The van der Waals surface area contributed by atoms with Crippen LogP contribution >= 0.6 is 0 Å². The summed E-state index contributed by atoms with van der Waals surface area (Å²) in [6.07, 6.45) is -2.50. The third-order valence-electron chi connectivity index (χ3n) is 2.01. The Morgan fingerprint density at radius 2 is 1.43 bits per heavy atom. The maximum atomic E-state index is 11.3. The fourth-order valence-electron chi connectivity index (χ4n) is 1.07. The van der Waals surface area contributed by atoms with Crippen molar-refractivity contribution >= 4 is 17.9 Å². The zero-order chi connectivity index (χ0) is 16.6. The number of aliphatic carboxylic acids is 1. The van der Waals surface area contributed by atoms with Crippen molar-refractivity contribution in [2.24, 2.45) is 0 Å². The lowest BCUT2D eigenvalue weighted by Gasteiger charge is -2.08. The molecule has 0 saturated carbocycles. The van der Waals surface area contributed by atoms with E-state index in [-0.39, 0.29) is 11.1 Å². The van der Waals surface area contributed by atoms with Crippen LogP contribution in [0.15, 0.2) is 24.3 Å². The molecule has 21 heavy (non-hydrogen) atoms. The van der Waals surface area contributed by atoms with Gasteiger partial charge >= 0.3 is 17.9 Å². The molecule has 1 aromatic rings. The minimum absolute atomic E-state index is 0.0779. The molecule has 0 fully saturated rings. The van der Waals surface area contributed by atoms with Gasteiger partial charge in [-0.25, -0.2) is 14.4 Å². The van der Waals surface area contributed by atoms with Crippen LogP contribution in [0.5, 0.6) is 0 Å². The van der Waals surface area contributed by atoms with Crippen molar-refractivity contribution in [2.45, 2.75) is 26.2 Å². The zero-order valence-corrected chi connectivity index (χ0v) is 11.4. The fourth-order valence-corrected chi connectivity index (χ4v) is 1.07. The van der Waals surface area contributed by atoms with E-state index in [9.17, 15) is 14.4 Å². The number of ether oxygens (including phenoxy) is 1. The number of rotatable bonds is 4. The molecule has 0 bridgehead atoms. The highest BCUT2D eigenvalue weighted by molar-refractivity contribution is 6.02. The SMILES string of the molecule is CC(O)C(=O)O.CC(O)OC(=O)c1ccccc1C(=O)O. The first kappa shape index (κ1) is 18.6. The molecule has 0 spiro atoms. The summed E-state index contributed by atoms with van der Waals surface area (Å²) in [5.41, 5.74) is -0.228. The minimum Gasteiger partial charge on any atom is -0.479 e. The van der Waals surface area contributed by atoms with Crippen LogP contribution in [0.25, 0.3) is 0 Å². The lowest BCUT2D eigenvalue weighted by Crippen LogP contribution is -2.17. The normalized spacial score (nSPS) is 12.4. The van der Waals surface area contributed by atoms with E-state index >= 15 is 0 Å². The Morgan fingerprint density at radius 3 is 1.76 bits per heavy atom. The van der Waals surface area contributed by atoms with E-state index in [0.29, 0.717) is 0 Å². The topological polar surface area (TPSA) is 141 Å².